The minimum atomic E-state index is -0.634. The molecular formula is C17H21F2N3O. The summed E-state index contributed by atoms with van der Waals surface area (Å²) in [5, 5.41) is 3.78. The molecule has 1 aliphatic heterocycles. The summed E-state index contributed by atoms with van der Waals surface area (Å²) < 4.78 is 32.6. The summed E-state index contributed by atoms with van der Waals surface area (Å²) in [7, 11) is 0. The maximum atomic E-state index is 13.8. The van der Waals surface area contributed by atoms with Crippen LogP contribution in [0.15, 0.2) is 24.4 Å². The lowest BCUT2D eigenvalue weighted by atomic mass is 10.1. The molecule has 1 fully saturated rings. The fraction of sp³-hybridized carbons (Fsp3) is 0.471. The van der Waals surface area contributed by atoms with Gasteiger partial charge >= 0.3 is 0 Å². The first-order valence-electron chi connectivity index (χ1n) is 7.91. The van der Waals surface area contributed by atoms with Crippen LogP contribution >= 0.6 is 0 Å². The summed E-state index contributed by atoms with van der Waals surface area (Å²) >= 11 is 0. The molecule has 1 aromatic heterocycles. The molecule has 1 atom stereocenters. The van der Waals surface area contributed by atoms with Gasteiger partial charge in [0.1, 0.15) is 11.3 Å². The molecule has 6 heteroatoms. The Balaban J connectivity index is 1.67. The van der Waals surface area contributed by atoms with E-state index in [1.54, 1.807) is 6.07 Å². The van der Waals surface area contributed by atoms with Crippen LogP contribution in [0.1, 0.15) is 6.92 Å². The van der Waals surface area contributed by atoms with Crippen molar-refractivity contribution in [1.82, 2.24) is 9.88 Å². The molecule has 2 heterocycles. The third-order valence-corrected chi connectivity index (χ3v) is 4.08. The number of pyridine rings is 1. The number of nitrogens with one attached hydrogen (secondary N) is 1. The summed E-state index contributed by atoms with van der Waals surface area (Å²) in [6.07, 6.45) is 1.54. The van der Waals surface area contributed by atoms with Gasteiger partial charge in [-0.25, -0.2) is 8.78 Å². The van der Waals surface area contributed by atoms with Crippen molar-refractivity contribution < 1.29 is 13.5 Å². The summed E-state index contributed by atoms with van der Waals surface area (Å²) in [4.78, 5) is 6.37. The summed E-state index contributed by atoms with van der Waals surface area (Å²) in [6.45, 7) is 7.35. The van der Waals surface area contributed by atoms with Gasteiger partial charge < -0.3 is 10.1 Å². The van der Waals surface area contributed by atoms with E-state index in [1.807, 2.05) is 0 Å². The molecule has 1 saturated heterocycles. The van der Waals surface area contributed by atoms with Crippen LogP contribution in [-0.4, -0.2) is 49.3 Å². The van der Waals surface area contributed by atoms with Gasteiger partial charge in [0.15, 0.2) is 5.82 Å². The topological polar surface area (TPSA) is 37.4 Å². The zero-order valence-electron chi connectivity index (χ0n) is 13.2. The number of benzene rings is 1. The highest BCUT2D eigenvalue weighted by molar-refractivity contribution is 5.91. The Morgan fingerprint density at radius 1 is 1.30 bits per heavy atom. The lowest BCUT2D eigenvalue weighted by molar-refractivity contribution is 0.0325. The second-order valence-corrected chi connectivity index (χ2v) is 6.04. The van der Waals surface area contributed by atoms with Gasteiger partial charge in [0.25, 0.3) is 0 Å². The SMILES string of the molecule is CC(CNc1ccnc2c(F)cc(F)cc12)CN1CCOCC1. The molecule has 2 aromatic rings. The van der Waals surface area contributed by atoms with Crippen molar-refractivity contribution in [3.8, 4) is 0 Å². The summed E-state index contributed by atoms with van der Waals surface area (Å²) in [5.41, 5.74) is 0.902. The Labute approximate surface area is 134 Å². The molecule has 0 spiro atoms. The molecule has 4 nitrogen and oxygen atoms in total. The van der Waals surface area contributed by atoms with Gasteiger partial charge in [0.2, 0.25) is 0 Å². The first-order valence-corrected chi connectivity index (χ1v) is 7.91. The fourth-order valence-electron chi connectivity index (χ4n) is 2.91. The van der Waals surface area contributed by atoms with Gasteiger partial charge in [0, 0.05) is 49.5 Å². The monoisotopic (exact) mass is 321 g/mol. The first-order chi connectivity index (χ1) is 11.1. The highest BCUT2D eigenvalue weighted by Gasteiger charge is 2.14. The maximum Gasteiger partial charge on any atom is 0.152 e. The van der Waals surface area contributed by atoms with Gasteiger partial charge in [0.05, 0.1) is 13.2 Å². The molecule has 0 amide bonds. The molecule has 23 heavy (non-hydrogen) atoms. The number of anilines is 1. The van der Waals surface area contributed by atoms with Crippen molar-refractivity contribution in [2.75, 3.05) is 44.7 Å². The van der Waals surface area contributed by atoms with Crippen LogP contribution in [0.3, 0.4) is 0 Å². The van der Waals surface area contributed by atoms with E-state index < -0.39 is 11.6 Å². The molecule has 1 unspecified atom stereocenters. The van der Waals surface area contributed by atoms with Crippen molar-refractivity contribution in [2.24, 2.45) is 5.92 Å². The van der Waals surface area contributed by atoms with E-state index >= 15 is 0 Å². The summed E-state index contributed by atoms with van der Waals surface area (Å²) in [6, 6.07) is 3.93. The predicted octanol–water partition coefficient (Wildman–Crippen LogP) is 2.89. The van der Waals surface area contributed by atoms with E-state index in [9.17, 15) is 8.78 Å². The van der Waals surface area contributed by atoms with Crippen molar-refractivity contribution in [3.05, 3.63) is 36.0 Å². The van der Waals surface area contributed by atoms with E-state index in [0.29, 0.717) is 17.0 Å². The van der Waals surface area contributed by atoms with Crippen LogP contribution in [-0.2, 0) is 4.74 Å². The number of halogens is 2. The lowest BCUT2D eigenvalue weighted by Gasteiger charge is -2.29. The molecule has 0 saturated carbocycles. The largest absolute Gasteiger partial charge is 0.384 e. The zero-order valence-corrected chi connectivity index (χ0v) is 13.2. The van der Waals surface area contributed by atoms with E-state index in [4.69, 9.17) is 4.74 Å². The normalized spacial score (nSPS) is 17.3. The summed E-state index contributed by atoms with van der Waals surface area (Å²) in [5.74, 6) is -0.813. The van der Waals surface area contributed by atoms with E-state index in [-0.39, 0.29) is 5.52 Å². The third kappa shape index (κ3) is 3.95. The average molecular weight is 321 g/mol. The van der Waals surface area contributed by atoms with Crippen molar-refractivity contribution in [1.29, 1.82) is 0 Å². The second kappa shape index (κ2) is 7.19. The Kier molecular flexibility index (Phi) is 5.03. The number of hydrogen-bond donors (Lipinski definition) is 1. The molecular weight excluding hydrogens is 300 g/mol. The number of morpholine rings is 1. The number of ether oxygens (including phenoxy) is 1. The van der Waals surface area contributed by atoms with E-state index in [0.717, 1.165) is 45.5 Å². The Morgan fingerprint density at radius 2 is 2.09 bits per heavy atom. The number of aromatic nitrogens is 1. The Morgan fingerprint density at radius 3 is 2.87 bits per heavy atom. The standard InChI is InChI=1S/C17H21F2N3O/c1-12(11-22-4-6-23-7-5-22)10-21-16-2-3-20-17-14(16)8-13(18)9-15(17)19/h2-3,8-9,12H,4-7,10-11H2,1H3,(H,20,21). The molecule has 0 radical (unpaired) electrons. The van der Waals surface area contributed by atoms with Crippen LogP contribution < -0.4 is 5.32 Å². The van der Waals surface area contributed by atoms with Gasteiger partial charge in [-0.3, -0.25) is 9.88 Å². The van der Waals surface area contributed by atoms with E-state index in [2.05, 4.69) is 22.1 Å². The second-order valence-electron chi connectivity index (χ2n) is 6.04. The van der Waals surface area contributed by atoms with Crippen LogP contribution in [0.2, 0.25) is 0 Å². The number of fused-ring (bicyclic) bond motifs is 1. The molecule has 3 rings (SSSR count). The van der Waals surface area contributed by atoms with Crippen LogP contribution in [0.5, 0.6) is 0 Å². The van der Waals surface area contributed by atoms with Gasteiger partial charge in [-0.1, -0.05) is 6.92 Å². The van der Waals surface area contributed by atoms with E-state index in [1.165, 1.54) is 12.3 Å². The Hall–Kier alpha value is -1.79. The minimum absolute atomic E-state index is 0.192. The van der Waals surface area contributed by atoms with Crippen LogP contribution in [0.25, 0.3) is 10.9 Å². The van der Waals surface area contributed by atoms with Crippen molar-refractivity contribution >= 4 is 16.6 Å². The maximum absolute atomic E-state index is 13.8. The minimum Gasteiger partial charge on any atom is -0.384 e. The highest BCUT2D eigenvalue weighted by Crippen LogP contribution is 2.25. The predicted molar refractivity (Wildman–Crippen MR) is 86.6 cm³/mol. The van der Waals surface area contributed by atoms with Crippen molar-refractivity contribution in [3.63, 3.8) is 0 Å². The number of hydrogen-bond acceptors (Lipinski definition) is 4. The van der Waals surface area contributed by atoms with Gasteiger partial charge in [-0.15, -0.1) is 0 Å². The Bertz CT molecular complexity index is 674. The smallest absolute Gasteiger partial charge is 0.152 e. The van der Waals surface area contributed by atoms with Crippen LogP contribution in [0.4, 0.5) is 14.5 Å². The lowest BCUT2D eigenvalue weighted by Crippen LogP contribution is -2.40. The third-order valence-electron chi connectivity index (χ3n) is 4.08. The number of nitrogens with zero attached hydrogens (tertiary/aromatic N) is 2. The van der Waals surface area contributed by atoms with Gasteiger partial charge in [-0.2, -0.15) is 0 Å². The fourth-order valence-corrected chi connectivity index (χ4v) is 2.91. The molecule has 1 aromatic carbocycles. The van der Waals surface area contributed by atoms with Crippen LogP contribution in [0, 0.1) is 17.6 Å². The zero-order chi connectivity index (χ0) is 16.2. The molecule has 0 bridgehead atoms. The molecule has 1 aliphatic rings. The van der Waals surface area contributed by atoms with Gasteiger partial charge in [-0.05, 0) is 18.1 Å². The molecule has 1 N–H and O–H groups in total. The number of rotatable bonds is 5. The average Bonchev–Trinajstić information content (AvgIpc) is 2.54. The highest BCUT2D eigenvalue weighted by atomic mass is 19.1. The first kappa shape index (κ1) is 16.1. The quantitative estimate of drug-likeness (QED) is 0.919. The molecule has 0 aliphatic carbocycles. The van der Waals surface area contributed by atoms with Crippen molar-refractivity contribution in [2.45, 2.75) is 6.92 Å². The molecule has 124 valence electrons.